The number of sulfonamides is 1. The molecule has 0 saturated heterocycles. The lowest BCUT2D eigenvalue weighted by molar-refractivity contribution is 0.0996. The molecule has 132 valence electrons. The lowest BCUT2D eigenvalue weighted by Gasteiger charge is -2.09. The summed E-state index contributed by atoms with van der Waals surface area (Å²) >= 11 is 0. The number of nitrogens with zero attached hydrogens (tertiary/aromatic N) is 2. The third kappa shape index (κ3) is 5.66. The van der Waals surface area contributed by atoms with E-state index in [-0.39, 0.29) is 29.4 Å². The van der Waals surface area contributed by atoms with Gasteiger partial charge in [-0.1, -0.05) is 24.3 Å². The van der Waals surface area contributed by atoms with Gasteiger partial charge < -0.3 is 11.5 Å². The zero-order valence-corrected chi connectivity index (χ0v) is 14.2. The Bertz CT molecular complexity index is 870. The van der Waals surface area contributed by atoms with Crippen molar-refractivity contribution in [2.24, 2.45) is 16.5 Å². The SMILES string of the molecule is NCCS(=O)(=O)Nc1cnc(C(N)=O)c(N=C2C=C/C=C\C/C=C\2)c1. The van der Waals surface area contributed by atoms with Crippen molar-refractivity contribution in [3.63, 3.8) is 0 Å². The Morgan fingerprint density at radius 2 is 2.08 bits per heavy atom. The van der Waals surface area contributed by atoms with E-state index in [0.717, 1.165) is 6.42 Å². The summed E-state index contributed by atoms with van der Waals surface area (Å²) in [5.74, 6) is -0.985. The minimum atomic E-state index is -3.60. The van der Waals surface area contributed by atoms with Gasteiger partial charge in [-0.15, -0.1) is 0 Å². The molecule has 1 aliphatic carbocycles. The number of allylic oxidation sites excluding steroid dienone is 6. The molecule has 0 saturated carbocycles. The van der Waals surface area contributed by atoms with Crippen molar-refractivity contribution in [2.45, 2.75) is 6.42 Å². The van der Waals surface area contributed by atoms with Crippen LogP contribution >= 0.6 is 0 Å². The van der Waals surface area contributed by atoms with Crippen molar-refractivity contribution in [3.8, 4) is 0 Å². The molecule has 0 bridgehead atoms. The van der Waals surface area contributed by atoms with E-state index in [9.17, 15) is 13.2 Å². The number of anilines is 1. The molecular formula is C16H19N5O3S. The monoisotopic (exact) mass is 361 g/mol. The van der Waals surface area contributed by atoms with Crippen LogP contribution in [0, 0.1) is 0 Å². The number of nitrogens with one attached hydrogen (secondary N) is 1. The van der Waals surface area contributed by atoms with E-state index in [1.165, 1.54) is 12.3 Å². The standard InChI is InChI=1S/C16H19N5O3S/c17-8-9-25(23,24)21-13-10-14(15(16(18)22)19-11-13)20-12-6-4-2-1-3-5-7-12/h1-2,4-7,10-11,21H,3,8-9,17H2,(H2,18,22)/b2-1-,6-4?,7-5-,20-12?. The molecule has 8 nitrogen and oxygen atoms in total. The molecule has 0 unspecified atom stereocenters. The Labute approximate surface area is 146 Å². The number of hydrogen-bond acceptors (Lipinski definition) is 6. The number of primary amides is 1. The molecule has 1 aromatic heterocycles. The lowest BCUT2D eigenvalue weighted by atomic mass is 10.2. The maximum absolute atomic E-state index is 11.8. The van der Waals surface area contributed by atoms with Crippen LogP contribution in [0.4, 0.5) is 11.4 Å². The third-order valence-electron chi connectivity index (χ3n) is 3.09. The van der Waals surface area contributed by atoms with E-state index < -0.39 is 15.9 Å². The Hall–Kier alpha value is -2.78. The van der Waals surface area contributed by atoms with Gasteiger partial charge in [0.15, 0.2) is 5.69 Å². The molecule has 0 fully saturated rings. The molecule has 1 aromatic rings. The van der Waals surface area contributed by atoms with Crippen LogP contribution in [-0.4, -0.2) is 37.3 Å². The zero-order chi connectivity index (χ0) is 18.3. The maximum atomic E-state index is 11.8. The maximum Gasteiger partial charge on any atom is 0.269 e. The molecule has 1 aliphatic rings. The fourth-order valence-electron chi connectivity index (χ4n) is 2.02. The largest absolute Gasteiger partial charge is 0.364 e. The highest BCUT2D eigenvalue weighted by Crippen LogP contribution is 2.23. The van der Waals surface area contributed by atoms with E-state index in [4.69, 9.17) is 11.5 Å². The van der Waals surface area contributed by atoms with Crippen LogP contribution in [0.3, 0.4) is 0 Å². The normalized spacial score (nSPS) is 18.4. The first-order chi connectivity index (χ1) is 11.9. The molecule has 5 N–H and O–H groups in total. The summed E-state index contributed by atoms with van der Waals surface area (Å²) < 4.78 is 26.0. The Kier molecular flexibility index (Phi) is 6.20. The van der Waals surface area contributed by atoms with Gasteiger partial charge in [0.1, 0.15) is 0 Å². The zero-order valence-electron chi connectivity index (χ0n) is 13.4. The smallest absolute Gasteiger partial charge is 0.269 e. The van der Waals surface area contributed by atoms with Gasteiger partial charge in [0.05, 0.1) is 29.0 Å². The molecular weight excluding hydrogens is 342 g/mol. The summed E-state index contributed by atoms with van der Waals surface area (Å²) in [7, 11) is -3.60. The number of aromatic nitrogens is 1. The highest BCUT2D eigenvalue weighted by molar-refractivity contribution is 7.92. The number of carbonyl (C=O) groups is 1. The summed E-state index contributed by atoms with van der Waals surface area (Å²) in [5.41, 5.74) is 11.5. The number of carbonyl (C=O) groups excluding carboxylic acids is 1. The molecule has 0 spiro atoms. The van der Waals surface area contributed by atoms with E-state index in [1.54, 1.807) is 12.2 Å². The molecule has 0 aliphatic heterocycles. The van der Waals surface area contributed by atoms with E-state index >= 15 is 0 Å². The van der Waals surface area contributed by atoms with Crippen molar-refractivity contribution in [2.75, 3.05) is 17.0 Å². The van der Waals surface area contributed by atoms with Crippen LogP contribution in [0.25, 0.3) is 0 Å². The van der Waals surface area contributed by atoms with Crippen molar-refractivity contribution in [3.05, 3.63) is 54.4 Å². The van der Waals surface area contributed by atoms with Crippen molar-refractivity contribution in [1.82, 2.24) is 4.98 Å². The Morgan fingerprint density at radius 1 is 1.28 bits per heavy atom. The fraction of sp³-hybridized carbons (Fsp3) is 0.188. The predicted molar refractivity (Wildman–Crippen MR) is 98.4 cm³/mol. The number of nitrogens with two attached hydrogens (primary N) is 2. The lowest BCUT2D eigenvalue weighted by Crippen LogP contribution is -2.22. The van der Waals surface area contributed by atoms with Gasteiger partial charge >= 0.3 is 0 Å². The van der Waals surface area contributed by atoms with Gasteiger partial charge in [0.25, 0.3) is 5.91 Å². The second-order valence-corrected chi connectivity index (χ2v) is 6.97. The van der Waals surface area contributed by atoms with Gasteiger partial charge in [0, 0.05) is 6.54 Å². The Morgan fingerprint density at radius 3 is 2.80 bits per heavy atom. The summed E-state index contributed by atoms with van der Waals surface area (Å²) in [6.45, 7) is -0.0135. The Balaban J connectivity index is 2.43. The van der Waals surface area contributed by atoms with Crippen LogP contribution in [0.2, 0.25) is 0 Å². The van der Waals surface area contributed by atoms with E-state index in [0.29, 0.717) is 5.71 Å². The summed E-state index contributed by atoms with van der Waals surface area (Å²) in [6, 6.07) is 1.41. The fourth-order valence-corrected chi connectivity index (χ4v) is 2.90. The van der Waals surface area contributed by atoms with E-state index in [1.807, 2.05) is 24.3 Å². The molecule has 9 heteroatoms. The minimum Gasteiger partial charge on any atom is -0.364 e. The van der Waals surface area contributed by atoms with Gasteiger partial charge in [-0.05, 0) is 24.6 Å². The second kappa shape index (κ2) is 8.36. The average molecular weight is 361 g/mol. The molecule has 1 heterocycles. The number of amides is 1. The van der Waals surface area contributed by atoms with Gasteiger partial charge in [-0.2, -0.15) is 0 Å². The van der Waals surface area contributed by atoms with Crippen LogP contribution in [0.15, 0.2) is 53.7 Å². The van der Waals surface area contributed by atoms with Crippen molar-refractivity contribution < 1.29 is 13.2 Å². The van der Waals surface area contributed by atoms with Gasteiger partial charge in [-0.25, -0.2) is 18.4 Å². The number of hydrogen-bond donors (Lipinski definition) is 3. The average Bonchev–Trinajstić information content (AvgIpc) is 2.49. The van der Waals surface area contributed by atoms with Crippen LogP contribution in [0.5, 0.6) is 0 Å². The van der Waals surface area contributed by atoms with Crippen LogP contribution in [-0.2, 0) is 10.0 Å². The summed E-state index contributed by atoms with van der Waals surface area (Å²) in [4.78, 5) is 19.9. The first-order valence-corrected chi connectivity index (χ1v) is 9.15. The molecule has 0 radical (unpaired) electrons. The van der Waals surface area contributed by atoms with Gasteiger partial charge in [-0.3, -0.25) is 9.52 Å². The van der Waals surface area contributed by atoms with Crippen molar-refractivity contribution in [1.29, 1.82) is 0 Å². The van der Waals surface area contributed by atoms with Crippen molar-refractivity contribution >= 4 is 33.0 Å². The topological polar surface area (TPSA) is 141 Å². The summed E-state index contributed by atoms with van der Waals surface area (Å²) in [6.07, 6.45) is 13.1. The molecule has 25 heavy (non-hydrogen) atoms. The highest BCUT2D eigenvalue weighted by Gasteiger charge is 2.14. The molecule has 0 atom stereocenters. The molecule has 1 amide bonds. The first kappa shape index (κ1) is 18.6. The number of aliphatic imine (C=N–C) groups is 1. The second-order valence-electron chi connectivity index (χ2n) is 5.13. The number of pyridine rings is 1. The predicted octanol–water partition coefficient (Wildman–Crippen LogP) is 1.03. The number of rotatable bonds is 6. The summed E-state index contributed by atoms with van der Waals surface area (Å²) in [5, 5.41) is 0. The quantitative estimate of drug-likeness (QED) is 0.694. The highest BCUT2D eigenvalue weighted by atomic mass is 32.2. The van der Waals surface area contributed by atoms with E-state index in [2.05, 4.69) is 14.7 Å². The van der Waals surface area contributed by atoms with Crippen LogP contribution in [0.1, 0.15) is 16.9 Å². The molecule has 0 aromatic carbocycles. The third-order valence-corrected chi connectivity index (χ3v) is 4.41. The molecule has 2 rings (SSSR count). The van der Waals surface area contributed by atoms with Crippen LogP contribution < -0.4 is 16.2 Å². The van der Waals surface area contributed by atoms with Gasteiger partial charge in [0.2, 0.25) is 10.0 Å². The first-order valence-electron chi connectivity index (χ1n) is 7.50. The minimum absolute atomic E-state index is 0.0135.